The molecule has 2 heterocycles. The first-order chi connectivity index (χ1) is 30.5. The highest BCUT2D eigenvalue weighted by Gasteiger charge is 2.63. The number of Topliss-reactive ketones (excluding diaryl/α,β-unsaturated/α-hetero) is 2. The molecule has 64 heavy (non-hydrogen) atoms. The molecule has 5 fully saturated rings. The number of aliphatic hydroxyl groups is 1. The van der Waals surface area contributed by atoms with E-state index in [1.165, 1.54) is 19.4 Å². The summed E-state index contributed by atoms with van der Waals surface area (Å²) in [5, 5.41) is 16.1. The number of nitrogens with one attached hydrogen (secondary N) is 2. The Morgan fingerprint density at radius 1 is 0.891 bits per heavy atom. The van der Waals surface area contributed by atoms with Crippen molar-refractivity contribution in [1.29, 1.82) is 0 Å². The zero-order valence-electron chi connectivity index (χ0n) is 38.4. The second-order valence-corrected chi connectivity index (χ2v) is 19.5. The number of aryl methyl sites for hydroxylation is 1. The monoisotopic (exact) mass is 884 g/mol. The van der Waals surface area contributed by atoms with Gasteiger partial charge in [-0.2, -0.15) is 0 Å². The van der Waals surface area contributed by atoms with Crippen LogP contribution >= 0.6 is 0 Å². The van der Waals surface area contributed by atoms with E-state index in [4.69, 9.17) is 20.8 Å². The van der Waals surface area contributed by atoms with Gasteiger partial charge in [0.05, 0.1) is 30.7 Å². The molecule has 7 rings (SSSR count). The van der Waals surface area contributed by atoms with Crippen molar-refractivity contribution in [3.05, 3.63) is 59.7 Å². The number of carbonyl (C=O) groups excluding carboxylic acids is 6. The number of likely N-dealkylation sites (tertiary alicyclic amines) is 1. The molecule has 2 unspecified atom stereocenters. The van der Waals surface area contributed by atoms with Crippen molar-refractivity contribution in [1.82, 2.24) is 15.5 Å². The molecular formula is C49H70BN5O9. The number of aliphatic hydroxyl groups excluding tert-OH is 1. The van der Waals surface area contributed by atoms with Gasteiger partial charge < -0.3 is 41.4 Å². The molecule has 14 nitrogen and oxygen atoms in total. The van der Waals surface area contributed by atoms with Gasteiger partial charge in [0.25, 0.3) is 0 Å². The molecule has 348 valence electrons. The number of primary amides is 1. The molecule has 15 heteroatoms. The third-order valence-corrected chi connectivity index (χ3v) is 14.5. The number of hydrogen-bond acceptors (Lipinski definition) is 10. The zero-order chi connectivity index (χ0) is 46.3. The first kappa shape index (κ1) is 49.0. The van der Waals surface area contributed by atoms with Crippen LogP contribution in [0.25, 0.3) is 11.1 Å². The Kier molecular flexibility index (Phi) is 16.6. The summed E-state index contributed by atoms with van der Waals surface area (Å²) in [6, 6.07) is 13.0. The summed E-state index contributed by atoms with van der Waals surface area (Å²) >= 11 is 0. The summed E-state index contributed by atoms with van der Waals surface area (Å²) in [7, 11) is -0.612. The lowest BCUT2D eigenvalue weighted by atomic mass is 9.47. The van der Waals surface area contributed by atoms with Gasteiger partial charge in [-0.1, -0.05) is 89.1 Å². The Labute approximate surface area is 378 Å². The standard InChI is InChI=1S/C49H70BN5O9/c1-6-7-11-31-14-16-32(17-15-31)33-18-20-34(21-19-33)39(57)25-35(12-8-9-22-51)47(61)54-44(30(3)56)40(58)24-29(2)46(60)53-38(28-43(52)59)48(62)55-23-10-13-42(55)50-63-41-27-36-26-37(45(41)64-50)49(36,4)5/h14-21,29-30,35-38,41-42,44-45,56H,6-13,22-28,51H2,1-5H3,(H2,52,59)(H,53,60)(H,54,61)/t29-,30-,35-,36+,37-,38+,41?,42+,44+,45?/m1/s1. The number of nitrogens with zero attached hydrogens (tertiary/aromatic N) is 1. The molecule has 2 bridgehead atoms. The van der Waals surface area contributed by atoms with Crippen molar-refractivity contribution < 1.29 is 43.2 Å². The van der Waals surface area contributed by atoms with Crippen molar-refractivity contribution in [3.8, 4) is 11.1 Å². The van der Waals surface area contributed by atoms with Crippen LogP contribution < -0.4 is 22.1 Å². The molecule has 2 aromatic carbocycles. The number of carbonyl (C=O) groups is 6. The van der Waals surface area contributed by atoms with Gasteiger partial charge in [0.1, 0.15) is 12.1 Å². The van der Waals surface area contributed by atoms with Gasteiger partial charge in [0.2, 0.25) is 23.6 Å². The predicted octanol–water partition coefficient (Wildman–Crippen LogP) is 4.70. The van der Waals surface area contributed by atoms with Crippen molar-refractivity contribution >= 4 is 42.3 Å². The second-order valence-electron chi connectivity index (χ2n) is 19.5. The van der Waals surface area contributed by atoms with E-state index in [0.29, 0.717) is 62.6 Å². The number of benzene rings is 2. The molecule has 0 aromatic heterocycles. The Bertz CT molecular complexity index is 1980. The first-order valence-corrected chi connectivity index (χ1v) is 23.7. The zero-order valence-corrected chi connectivity index (χ0v) is 38.4. The van der Waals surface area contributed by atoms with Gasteiger partial charge in [-0.15, -0.1) is 0 Å². The second kappa shape index (κ2) is 21.7. The molecule has 2 aliphatic heterocycles. The van der Waals surface area contributed by atoms with E-state index < -0.39 is 78.9 Å². The third kappa shape index (κ3) is 11.5. The average molecular weight is 884 g/mol. The molecule has 3 aliphatic carbocycles. The lowest BCUT2D eigenvalue weighted by molar-refractivity contribution is -0.150. The number of amides is 4. The number of ketones is 2. The molecule has 4 amide bonds. The van der Waals surface area contributed by atoms with Crippen LogP contribution in [0, 0.1) is 29.1 Å². The van der Waals surface area contributed by atoms with Crippen LogP contribution in [0.4, 0.5) is 0 Å². The smallest absolute Gasteiger partial charge is 0.404 e. The maximum atomic E-state index is 14.1. The van der Waals surface area contributed by atoms with Gasteiger partial charge in [-0.3, -0.25) is 28.8 Å². The molecule has 0 spiro atoms. The number of hydrogen-bond donors (Lipinski definition) is 5. The summed E-state index contributed by atoms with van der Waals surface area (Å²) in [5.41, 5.74) is 15.2. The largest absolute Gasteiger partial charge is 0.481 e. The molecule has 7 N–H and O–H groups in total. The topological polar surface area (TPSA) is 220 Å². The third-order valence-electron chi connectivity index (χ3n) is 14.5. The maximum Gasteiger partial charge on any atom is 0.481 e. The van der Waals surface area contributed by atoms with Crippen LogP contribution in [0.5, 0.6) is 0 Å². The molecule has 2 saturated heterocycles. The number of unbranched alkanes of at least 4 members (excludes halogenated alkanes) is 2. The van der Waals surface area contributed by atoms with Crippen molar-refractivity contribution in [2.45, 2.75) is 154 Å². The van der Waals surface area contributed by atoms with Gasteiger partial charge in [-0.25, -0.2) is 0 Å². The van der Waals surface area contributed by atoms with Crippen molar-refractivity contribution in [2.24, 2.45) is 40.6 Å². The van der Waals surface area contributed by atoms with Gasteiger partial charge in [0.15, 0.2) is 11.6 Å². The normalized spacial score (nSPS) is 24.4. The number of nitrogens with two attached hydrogens (primary N) is 2. The Hall–Kier alpha value is -4.44. The van der Waals surface area contributed by atoms with Crippen LogP contribution in [0.2, 0.25) is 0 Å². The Balaban J connectivity index is 1.05. The van der Waals surface area contributed by atoms with Gasteiger partial charge >= 0.3 is 7.12 Å². The van der Waals surface area contributed by atoms with E-state index in [-0.39, 0.29) is 36.2 Å². The minimum Gasteiger partial charge on any atom is -0.404 e. The average Bonchev–Trinajstić information content (AvgIpc) is 3.94. The summed E-state index contributed by atoms with van der Waals surface area (Å²) in [4.78, 5) is 82.7. The fraction of sp³-hybridized carbons (Fsp3) is 0.633. The van der Waals surface area contributed by atoms with E-state index in [0.717, 1.165) is 43.2 Å². The highest BCUT2D eigenvalue weighted by atomic mass is 16.7. The summed E-state index contributed by atoms with van der Waals surface area (Å²) in [5.74, 6) is -4.56. The Morgan fingerprint density at radius 3 is 2.20 bits per heavy atom. The highest BCUT2D eigenvalue weighted by Crippen LogP contribution is 2.61. The number of rotatable bonds is 23. The quantitative estimate of drug-likeness (QED) is 0.0588. The van der Waals surface area contributed by atoms with E-state index >= 15 is 0 Å². The van der Waals surface area contributed by atoms with Gasteiger partial charge in [-0.05, 0) is 98.8 Å². The van der Waals surface area contributed by atoms with E-state index in [1.54, 1.807) is 17.0 Å². The van der Waals surface area contributed by atoms with Crippen LogP contribution in [0.3, 0.4) is 0 Å². The molecule has 3 saturated carbocycles. The minimum atomic E-state index is -1.37. The van der Waals surface area contributed by atoms with E-state index in [1.807, 2.05) is 12.1 Å². The first-order valence-electron chi connectivity index (χ1n) is 23.7. The van der Waals surface area contributed by atoms with Crippen molar-refractivity contribution in [2.75, 3.05) is 13.1 Å². The van der Waals surface area contributed by atoms with E-state index in [9.17, 15) is 33.9 Å². The summed E-state index contributed by atoms with van der Waals surface area (Å²) < 4.78 is 12.9. The molecule has 5 aliphatic rings. The summed E-state index contributed by atoms with van der Waals surface area (Å²) in [6.07, 6.45) is 5.88. The van der Waals surface area contributed by atoms with Gasteiger partial charge in [0, 0.05) is 36.8 Å². The Morgan fingerprint density at radius 2 is 1.58 bits per heavy atom. The van der Waals surface area contributed by atoms with Crippen LogP contribution in [-0.4, -0.2) is 102 Å². The highest BCUT2D eigenvalue weighted by molar-refractivity contribution is 6.47. The predicted molar refractivity (Wildman–Crippen MR) is 244 cm³/mol. The lowest BCUT2D eigenvalue weighted by Gasteiger charge is -2.60. The summed E-state index contributed by atoms with van der Waals surface area (Å²) in [6.45, 7) is 10.4. The van der Waals surface area contributed by atoms with Crippen molar-refractivity contribution in [3.63, 3.8) is 0 Å². The fourth-order valence-corrected chi connectivity index (χ4v) is 10.4. The van der Waals surface area contributed by atoms with Crippen LogP contribution in [0.1, 0.15) is 128 Å². The van der Waals surface area contributed by atoms with E-state index in [2.05, 4.69) is 55.7 Å². The lowest BCUT2D eigenvalue weighted by Crippen LogP contribution is -2.59. The van der Waals surface area contributed by atoms with Crippen LogP contribution in [0.15, 0.2) is 48.5 Å². The fourth-order valence-electron chi connectivity index (χ4n) is 10.4. The molecule has 0 radical (unpaired) electrons. The molecule has 10 atom stereocenters. The molecule has 2 aromatic rings. The maximum absolute atomic E-state index is 14.1. The van der Waals surface area contributed by atoms with Crippen LogP contribution in [-0.2, 0) is 39.7 Å². The molecular weight excluding hydrogens is 813 g/mol. The minimum absolute atomic E-state index is 0.0221. The SMILES string of the molecule is CCCCc1ccc(-c2ccc(C(=O)C[C@@H](CCCCN)C(=O)N[C@H](C(=O)C[C@@H](C)C(=O)N[C@@H](CC(N)=O)C(=O)N3CCC[C@H]3B3OC4C[C@@H]5C[C@H](C4O3)C5(C)C)[C@@H](C)O)cc2)cc1.